The molecule has 1 aliphatic rings. The predicted molar refractivity (Wildman–Crippen MR) is 93.9 cm³/mol. The van der Waals surface area contributed by atoms with Crippen molar-refractivity contribution in [2.24, 2.45) is 0 Å². The lowest BCUT2D eigenvalue weighted by Gasteiger charge is -2.10. The van der Waals surface area contributed by atoms with E-state index in [1.165, 1.54) is 23.5 Å². The van der Waals surface area contributed by atoms with Crippen molar-refractivity contribution in [2.75, 3.05) is 16.8 Å². The molecule has 8 nitrogen and oxygen atoms in total. The maximum atomic E-state index is 12.2. The van der Waals surface area contributed by atoms with Crippen LogP contribution < -0.4 is 10.2 Å². The monoisotopic (exact) mass is 360 g/mol. The number of nitrogens with zero attached hydrogens (tertiary/aromatic N) is 3. The number of carbonyl (C=O) groups excluding carboxylic acids is 2. The summed E-state index contributed by atoms with van der Waals surface area (Å²) in [6, 6.07) is 4.32. The summed E-state index contributed by atoms with van der Waals surface area (Å²) in [5, 5.41) is 15.9. The van der Waals surface area contributed by atoms with E-state index < -0.39 is 4.92 Å². The minimum atomic E-state index is -0.505. The van der Waals surface area contributed by atoms with Crippen molar-refractivity contribution in [1.29, 1.82) is 0 Å². The van der Waals surface area contributed by atoms with E-state index in [9.17, 15) is 19.7 Å². The number of benzene rings is 1. The molecule has 0 saturated carbocycles. The molecule has 2 amide bonds. The molecule has 0 radical (unpaired) electrons. The Bertz CT molecular complexity index is 848. The fraction of sp³-hybridized carbons (Fsp3) is 0.312. The normalized spacial score (nSPS) is 14.0. The van der Waals surface area contributed by atoms with Gasteiger partial charge in [0.25, 0.3) is 5.69 Å². The van der Waals surface area contributed by atoms with E-state index in [-0.39, 0.29) is 23.9 Å². The van der Waals surface area contributed by atoms with Crippen LogP contribution in [0.25, 0.3) is 0 Å². The minimum absolute atomic E-state index is 0.0423. The highest BCUT2D eigenvalue weighted by Crippen LogP contribution is 2.26. The van der Waals surface area contributed by atoms with E-state index >= 15 is 0 Å². The van der Waals surface area contributed by atoms with Crippen LogP contribution in [0.2, 0.25) is 0 Å². The first kappa shape index (κ1) is 17.0. The molecule has 3 rings (SSSR count). The highest BCUT2D eigenvalue weighted by atomic mass is 32.1. The molecule has 1 aliphatic heterocycles. The first-order valence-electron chi connectivity index (χ1n) is 7.73. The first-order valence-corrected chi connectivity index (χ1v) is 8.61. The number of hydrogen-bond donors (Lipinski definition) is 1. The van der Waals surface area contributed by atoms with E-state index in [4.69, 9.17) is 0 Å². The summed E-state index contributed by atoms with van der Waals surface area (Å²) in [4.78, 5) is 40.3. The molecule has 0 atom stereocenters. The van der Waals surface area contributed by atoms with Gasteiger partial charge in [0, 0.05) is 30.5 Å². The number of thiazole rings is 1. The average molecular weight is 360 g/mol. The van der Waals surface area contributed by atoms with Crippen molar-refractivity contribution in [1.82, 2.24) is 4.98 Å². The van der Waals surface area contributed by atoms with Crippen LogP contribution in [0.1, 0.15) is 24.1 Å². The molecule has 1 saturated heterocycles. The van der Waals surface area contributed by atoms with Crippen LogP contribution >= 0.6 is 11.3 Å². The number of aryl methyl sites for hydroxylation is 1. The van der Waals surface area contributed by atoms with E-state index in [1.807, 2.05) is 0 Å². The summed E-state index contributed by atoms with van der Waals surface area (Å²) in [6.45, 7) is 2.42. The highest BCUT2D eigenvalue weighted by Gasteiger charge is 2.24. The molecule has 0 spiro atoms. The van der Waals surface area contributed by atoms with Crippen molar-refractivity contribution in [2.45, 2.75) is 26.2 Å². The summed E-state index contributed by atoms with van der Waals surface area (Å²) in [5.74, 6) is -0.259. The molecule has 9 heteroatoms. The van der Waals surface area contributed by atoms with Crippen molar-refractivity contribution in [3.05, 3.63) is 45.0 Å². The van der Waals surface area contributed by atoms with Gasteiger partial charge in [-0.05, 0) is 18.9 Å². The van der Waals surface area contributed by atoms with Crippen LogP contribution in [0.3, 0.4) is 0 Å². The van der Waals surface area contributed by atoms with Gasteiger partial charge in [0.05, 0.1) is 22.7 Å². The fourth-order valence-corrected chi connectivity index (χ4v) is 3.44. The zero-order chi connectivity index (χ0) is 18.0. The summed E-state index contributed by atoms with van der Waals surface area (Å²) in [5.41, 5.74) is 1.63. The molecule has 1 aromatic heterocycles. The lowest BCUT2D eigenvalue weighted by atomic mass is 10.1. The van der Waals surface area contributed by atoms with Crippen LogP contribution in [0, 0.1) is 17.0 Å². The van der Waals surface area contributed by atoms with Gasteiger partial charge >= 0.3 is 0 Å². The molecule has 25 heavy (non-hydrogen) atoms. The lowest BCUT2D eigenvalue weighted by molar-refractivity contribution is -0.384. The molecule has 1 N–H and O–H groups in total. The number of non-ortho nitro benzene ring substituents is 1. The Morgan fingerprint density at radius 2 is 2.28 bits per heavy atom. The molecule has 0 unspecified atom stereocenters. The van der Waals surface area contributed by atoms with Gasteiger partial charge in [-0.15, -0.1) is 11.3 Å². The number of carbonyl (C=O) groups is 2. The number of nitrogens with one attached hydrogen (secondary N) is 1. The van der Waals surface area contributed by atoms with Crippen molar-refractivity contribution in [3.63, 3.8) is 0 Å². The first-order chi connectivity index (χ1) is 11.9. The van der Waals surface area contributed by atoms with E-state index in [0.29, 0.717) is 29.5 Å². The maximum absolute atomic E-state index is 12.2. The molecule has 1 fully saturated rings. The summed E-state index contributed by atoms with van der Waals surface area (Å²) < 4.78 is 0. The van der Waals surface area contributed by atoms with Crippen LogP contribution in [-0.2, 0) is 16.0 Å². The van der Waals surface area contributed by atoms with Crippen LogP contribution in [0.4, 0.5) is 16.5 Å². The Labute approximate surface area is 147 Å². The zero-order valence-corrected chi connectivity index (χ0v) is 14.3. The van der Waals surface area contributed by atoms with Gasteiger partial charge in [-0.2, -0.15) is 0 Å². The topological polar surface area (TPSA) is 105 Å². The fourth-order valence-electron chi connectivity index (χ4n) is 2.57. The quantitative estimate of drug-likeness (QED) is 0.652. The number of rotatable bonds is 5. The second-order valence-electron chi connectivity index (χ2n) is 5.75. The van der Waals surface area contributed by atoms with Gasteiger partial charge in [0.2, 0.25) is 11.8 Å². The number of aromatic nitrogens is 1. The van der Waals surface area contributed by atoms with Gasteiger partial charge in [-0.1, -0.05) is 6.07 Å². The van der Waals surface area contributed by atoms with Gasteiger partial charge in [-0.25, -0.2) is 4.98 Å². The molecular formula is C16H16N4O4S. The third kappa shape index (κ3) is 3.82. The summed E-state index contributed by atoms with van der Waals surface area (Å²) in [7, 11) is 0. The van der Waals surface area contributed by atoms with Gasteiger partial charge in [-0.3, -0.25) is 24.6 Å². The Morgan fingerprint density at radius 1 is 1.48 bits per heavy atom. The number of amides is 2. The molecule has 0 bridgehead atoms. The molecular weight excluding hydrogens is 344 g/mol. The molecule has 0 aliphatic carbocycles. The average Bonchev–Trinajstić information content (AvgIpc) is 3.17. The van der Waals surface area contributed by atoms with Crippen LogP contribution in [0.15, 0.2) is 23.6 Å². The standard InChI is InChI=1S/C16H16N4O4S/c1-10-4-5-12(20(23)24)8-13(10)18-14(21)7-11-9-25-16(17-11)19-6-2-3-15(19)22/h4-5,8-9H,2-3,6-7H2,1H3,(H,18,21). The zero-order valence-electron chi connectivity index (χ0n) is 13.5. The molecule has 1 aromatic carbocycles. The second-order valence-corrected chi connectivity index (χ2v) is 6.59. The van der Waals surface area contributed by atoms with Crippen molar-refractivity contribution >= 4 is 39.7 Å². The van der Waals surface area contributed by atoms with Crippen LogP contribution in [0.5, 0.6) is 0 Å². The number of anilines is 2. The minimum Gasteiger partial charge on any atom is -0.325 e. The van der Waals surface area contributed by atoms with E-state index in [1.54, 1.807) is 23.3 Å². The van der Waals surface area contributed by atoms with Gasteiger partial charge in [0.15, 0.2) is 5.13 Å². The van der Waals surface area contributed by atoms with Gasteiger partial charge in [0.1, 0.15) is 0 Å². The predicted octanol–water partition coefficient (Wildman–Crippen LogP) is 2.67. The number of nitro benzene ring substituents is 1. The lowest BCUT2D eigenvalue weighted by Crippen LogP contribution is -2.23. The van der Waals surface area contributed by atoms with Crippen LogP contribution in [-0.4, -0.2) is 28.3 Å². The van der Waals surface area contributed by atoms with E-state index in [2.05, 4.69) is 10.3 Å². The molecule has 2 aromatic rings. The Morgan fingerprint density at radius 3 is 2.96 bits per heavy atom. The van der Waals surface area contributed by atoms with Crippen molar-refractivity contribution < 1.29 is 14.5 Å². The Kier molecular flexibility index (Phi) is 4.75. The number of nitro groups is 1. The van der Waals surface area contributed by atoms with E-state index in [0.717, 1.165) is 12.0 Å². The summed E-state index contributed by atoms with van der Waals surface area (Å²) >= 11 is 1.33. The van der Waals surface area contributed by atoms with Crippen molar-refractivity contribution in [3.8, 4) is 0 Å². The smallest absolute Gasteiger partial charge is 0.271 e. The summed E-state index contributed by atoms with van der Waals surface area (Å²) in [6.07, 6.45) is 1.39. The Hall–Kier alpha value is -2.81. The maximum Gasteiger partial charge on any atom is 0.271 e. The SMILES string of the molecule is Cc1ccc([N+](=O)[O-])cc1NC(=O)Cc1csc(N2CCCC2=O)n1. The molecule has 130 valence electrons. The van der Waals surface area contributed by atoms with Gasteiger partial charge < -0.3 is 5.32 Å². The third-order valence-corrected chi connectivity index (χ3v) is 4.80. The molecule has 2 heterocycles. The Balaban J connectivity index is 1.67. The number of hydrogen-bond acceptors (Lipinski definition) is 6. The third-order valence-electron chi connectivity index (χ3n) is 3.89. The highest BCUT2D eigenvalue weighted by molar-refractivity contribution is 7.14. The largest absolute Gasteiger partial charge is 0.325 e. The second kappa shape index (κ2) is 6.98.